The summed E-state index contributed by atoms with van der Waals surface area (Å²) in [7, 11) is 0. The lowest BCUT2D eigenvalue weighted by atomic mass is 9.76. The minimum absolute atomic E-state index is 0.0169. The fraction of sp³-hybridized carbons (Fsp3) is 0.333. The summed E-state index contributed by atoms with van der Waals surface area (Å²) in [6.07, 6.45) is 2.31. The van der Waals surface area contributed by atoms with E-state index in [0.29, 0.717) is 0 Å². The quantitative estimate of drug-likeness (QED) is 0.730. The Morgan fingerprint density at radius 1 is 1.00 bits per heavy atom. The van der Waals surface area contributed by atoms with Gasteiger partial charge in [-0.25, -0.2) is 0 Å². The van der Waals surface area contributed by atoms with E-state index in [1.54, 1.807) is 0 Å². The molecule has 0 aliphatic carbocycles. The summed E-state index contributed by atoms with van der Waals surface area (Å²) in [5.74, 6) is 1.91. The lowest BCUT2D eigenvalue weighted by Gasteiger charge is -2.55. The summed E-state index contributed by atoms with van der Waals surface area (Å²) < 4.78 is 12.4. The Kier molecular flexibility index (Phi) is 2.22. The SMILES string of the molecule is c1ccc2c(c1)Oc1ccccc1N1C[C@@]3(CCCO3)[C@H]21. The molecule has 2 saturated heterocycles. The Balaban J connectivity index is 1.71. The van der Waals surface area contributed by atoms with Gasteiger partial charge in [0.05, 0.1) is 18.3 Å². The van der Waals surface area contributed by atoms with Crippen LogP contribution in [0.25, 0.3) is 0 Å². The van der Waals surface area contributed by atoms with Crippen molar-refractivity contribution >= 4 is 5.69 Å². The second-order valence-electron chi connectivity index (χ2n) is 6.15. The van der Waals surface area contributed by atoms with E-state index in [1.807, 2.05) is 12.1 Å². The molecule has 0 unspecified atom stereocenters. The molecule has 3 nitrogen and oxygen atoms in total. The van der Waals surface area contributed by atoms with Gasteiger partial charge in [0.1, 0.15) is 11.4 Å². The van der Waals surface area contributed by atoms with Crippen LogP contribution in [0.2, 0.25) is 0 Å². The third kappa shape index (κ3) is 1.47. The first-order valence-corrected chi connectivity index (χ1v) is 7.64. The fourth-order valence-electron chi connectivity index (χ4n) is 4.07. The van der Waals surface area contributed by atoms with Crippen molar-refractivity contribution in [1.82, 2.24) is 0 Å². The molecule has 3 aliphatic heterocycles. The molecule has 0 bridgehead atoms. The average Bonchev–Trinajstić information content (AvgIpc) is 2.95. The van der Waals surface area contributed by atoms with Gasteiger partial charge in [-0.2, -0.15) is 0 Å². The Hall–Kier alpha value is -2.00. The van der Waals surface area contributed by atoms with Crippen LogP contribution in [0.3, 0.4) is 0 Å². The first kappa shape index (κ1) is 11.6. The summed E-state index contributed by atoms with van der Waals surface area (Å²) in [5, 5.41) is 0. The molecule has 0 saturated carbocycles. The highest BCUT2D eigenvalue weighted by molar-refractivity contribution is 5.67. The Labute approximate surface area is 124 Å². The maximum atomic E-state index is 6.19. The number of hydrogen-bond acceptors (Lipinski definition) is 3. The maximum Gasteiger partial charge on any atom is 0.150 e. The second-order valence-corrected chi connectivity index (χ2v) is 6.15. The molecule has 0 radical (unpaired) electrons. The number of para-hydroxylation sites is 3. The van der Waals surface area contributed by atoms with Crippen molar-refractivity contribution in [3.05, 3.63) is 54.1 Å². The summed E-state index contributed by atoms with van der Waals surface area (Å²) in [6.45, 7) is 1.85. The van der Waals surface area contributed by atoms with Crippen LogP contribution in [0.4, 0.5) is 5.69 Å². The van der Waals surface area contributed by atoms with Crippen molar-refractivity contribution in [3.63, 3.8) is 0 Å². The highest BCUT2D eigenvalue weighted by Gasteiger charge is 2.58. The molecular formula is C18H17NO2. The zero-order chi connectivity index (χ0) is 13.9. The largest absolute Gasteiger partial charge is 0.455 e. The molecule has 0 aromatic heterocycles. The monoisotopic (exact) mass is 279 g/mol. The van der Waals surface area contributed by atoms with Gasteiger partial charge in [-0.3, -0.25) is 0 Å². The average molecular weight is 279 g/mol. The van der Waals surface area contributed by atoms with Gasteiger partial charge in [0, 0.05) is 12.2 Å². The van der Waals surface area contributed by atoms with Gasteiger partial charge in [-0.05, 0) is 31.0 Å². The van der Waals surface area contributed by atoms with E-state index >= 15 is 0 Å². The number of nitrogens with zero attached hydrogens (tertiary/aromatic N) is 1. The number of ether oxygens (including phenoxy) is 2. The normalized spacial score (nSPS) is 29.0. The van der Waals surface area contributed by atoms with E-state index in [0.717, 1.165) is 37.5 Å². The van der Waals surface area contributed by atoms with E-state index < -0.39 is 0 Å². The smallest absolute Gasteiger partial charge is 0.150 e. The topological polar surface area (TPSA) is 21.7 Å². The van der Waals surface area contributed by atoms with Crippen molar-refractivity contribution in [2.75, 3.05) is 18.1 Å². The summed E-state index contributed by atoms with van der Waals surface area (Å²) >= 11 is 0. The van der Waals surface area contributed by atoms with Gasteiger partial charge in [0.25, 0.3) is 0 Å². The molecule has 0 amide bonds. The summed E-state index contributed by atoms with van der Waals surface area (Å²) in [4.78, 5) is 2.44. The van der Waals surface area contributed by atoms with Crippen molar-refractivity contribution in [2.45, 2.75) is 24.5 Å². The van der Waals surface area contributed by atoms with Crippen LogP contribution in [0, 0.1) is 0 Å². The van der Waals surface area contributed by atoms with Crippen LogP contribution >= 0.6 is 0 Å². The molecule has 5 rings (SSSR count). The number of benzene rings is 2. The standard InChI is InChI=1S/C18H17NO2/c1-3-8-15-13(6-1)17-18(10-5-11-20-18)12-19(17)14-7-2-4-9-16(14)21-15/h1-4,6-9,17H,5,10-12H2/t17-,18-/m0/s1. The minimum atomic E-state index is -0.0169. The first-order chi connectivity index (χ1) is 10.4. The van der Waals surface area contributed by atoms with Gasteiger partial charge >= 0.3 is 0 Å². The fourth-order valence-corrected chi connectivity index (χ4v) is 4.07. The van der Waals surface area contributed by atoms with Crippen LogP contribution in [-0.2, 0) is 4.74 Å². The summed E-state index contributed by atoms with van der Waals surface area (Å²) in [5.41, 5.74) is 2.42. The number of anilines is 1. The predicted molar refractivity (Wildman–Crippen MR) is 81.0 cm³/mol. The minimum Gasteiger partial charge on any atom is -0.455 e. The zero-order valence-corrected chi connectivity index (χ0v) is 11.8. The predicted octanol–water partition coefficient (Wildman–Crippen LogP) is 3.90. The van der Waals surface area contributed by atoms with E-state index in [9.17, 15) is 0 Å². The number of rotatable bonds is 0. The van der Waals surface area contributed by atoms with E-state index in [1.165, 1.54) is 11.3 Å². The highest BCUT2D eigenvalue weighted by Crippen LogP contribution is 2.57. The lowest BCUT2D eigenvalue weighted by Crippen LogP contribution is -2.63. The molecule has 3 heteroatoms. The van der Waals surface area contributed by atoms with Crippen molar-refractivity contribution < 1.29 is 9.47 Å². The highest BCUT2D eigenvalue weighted by atomic mass is 16.5. The molecule has 1 spiro atoms. The Morgan fingerprint density at radius 2 is 1.81 bits per heavy atom. The van der Waals surface area contributed by atoms with Gasteiger partial charge in [0.2, 0.25) is 0 Å². The Bertz CT molecular complexity index is 706. The van der Waals surface area contributed by atoms with Crippen molar-refractivity contribution in [1.29, 1.82) is 0 Å². The van der Waals surface area contributed by atoms with Crippen LogP contribution < -0.4 is 9.64 Å². The van der Waals surface area contributed by atoms with Crippen LogP contribution in [0.1, 0.15) is 24.4 Å². The molecular weight excluding hydrogens is 262 g/mol. The first-order valence-electron chi connectivity index (χ1n) is 7.64. The van der Waals surface area contributed by atoms with E-state index in [2.05, 4.69) is 41.3 Å². The molecule has 0 N–H and O–H groups in total. The molecule has 106 valence electrons. The third-order valence-electron chi connectivity index (χ3n) is 4.99. The summed E-state index contributed by atoms with van der Waals surface area (Å²) in [6, 6.07) is 17.0. The molecule has 2 aromatic carbocycles. The number of hydrogen-bond donors (Lipinski definition) is 0. The molecule has 2 fully saturated rings. The molecule has 21 heavy (non-hydrogen) atoms. The van der Waals surface area contributed by atoms with E-state index in [4.69, 9.17) is 9.47 Å². The molecule has 2 aromatic rings. The van der Waals surface area contributed by atoms with Crippen LogP contribution in [0.5, 0.6) is 11.5 Å². The maximum absolute atomic E-state index is 6.19. The second kappa shape index (κ2) is 4.01. The van der Waals surface area contributed by atoms with Gasteiger partial charge < -0.3 is 14.4 Å². The van der Waals surface area contributed by atoms with Crippen molar-refractivity contribution in [2.24, 2.45) is 0 Å². The zero-order valence-electron chi connectivity index (χ0n) is 11.8. The molecule has 2 atom stereocenters. The van der Waals surface area contributed by atoms with Gasteiger partial charge in [-0.1, -0.05) is 30.3 Å². The van der Waals surface area contributed by atoms with Crippen LogP contribution in [-0.4, -0.2) is 18.8 Å². The Morgan fingerprint density at radius 3 is 2.67 bits per heavy atom. The van der Waals surface area contributed by atoms with Crippen molar-refractivity contribution in [3.8, 4) is 11.5 Å². The molecule has 3 aliphatic rings. The lowest BCUT2D eigenvalue weighted by molar-refractivity contribution is -0.0564. The van der Waals surface area contributed by atoms with E-state index in [-0.39, 0.29) is 11.6 Å². The van der Waals surface area contributed by atoms with Crippen LogP contribution in [0.15, 0.2) is 48.5 Å². The van der Waals surface area contributed by atoms with Gasteiger partial charge in [0.15, 0.2) is 5.75 Å². The number of fused-ring (bicyclic) bond motifs is 6. The van der Waals surface area contributed by atoms with Gasteiger partial charge in [-0.15, -0.1) is 0 Å². The molecule has 3 heterocycles. The third-order valence-corrected chi connectivity index (χ3v) is 4.99.